The van der Waals surface area contributed by atoms with Gasteiger partial charge in [0, 0.05) is 28.8 Å². The maximum Gasteiger partial charge on any atom is 0.261 e. The second-order valence-corrected chi connectivity index (χ2v) is 8.63. The van der Waals surface area contributed by atoms with Gasteiger partial charge in [-0.05, 0) is 74.4 Å². The zero-order valence-corrected chi connectivity index (χ0v) is 20.6. The van der Waals surface area contributed by atoms with Crippen LogP contribution in [0.4, 0.5) is 5.69 Å². The van der Waals surface area contributed by atoms with Crippen LogP contribution in [-0.2, 0) is 0 Å². The highest BCUT2D eigenvalue weighted by molar-refractivity contribution is 9.10. The molecule has 6 nitrogen and oxygen atoms in total. The number of ether oxygens (including phenoxy) is 1. The number of thiocarbonyl (C=S) groups is 1. The highest BCUT2D eigenvalue weighted by Crippen LogP contribution is 2.24. The van der Waals surface area contributed by atoms with E-state index in [0.717, 1.165) is 4.47 Å². The van der Waals surface area contributed by atoms with Gasteiger partial charge in [0.05, 0.1) is 12.2 Å². The van der Waals surface area contributed by atoms with E-state index >= 15 is 0 Å². The molecule has 0 saturated heterocycles. The van der Waals surface area contributed by atoms with Crippen molar-refractivity contribution in [1.82, 2.24) is 10.2 Å². The lowest BCUT2D eigenvalue weighted by Gasteiger charge is -2.18. The van der Waals surface area contributed by atoms with Crippen LogP contribution < -0.4 is 15.4 Å². The molecule has 166 valence electrons. The summed E-state index contributed by atoms with van der Waals surface area (Å²) in [5.41, 5.74) is 1.66. The maximum absolute atomic E-state index is 12.8. The third-order valence-corrected chi connectivity index (χ3v) is 5.12. The first kappa shape index (κ1) is 24.8. The van der Waals surface area contributed by atoms with Crippen LogP contribution in [0.2, 0.25) is 0 Å². The number of anilines is 1. The topological polar surface area (TPSA) is 70.7 Å². The SMILES string of the molecule is CCN(CC)C(=O)c1ccc(NC(=S)NC(=O)c2cc(Br)ccc2OCC(C)C)cc1. The van der Waals surface area contributed by atoms with Gasteiger partial charge in [0.2, 0.25) is 0 Å². The van der Waals surface area contributed by atoms with E-state index in [1.807, 2.05) is 33.8 Å². The molecule has 0 aliphatic rings. The molecule has 0 atom stereocenters. The largest absolute Gasteiger partial charge is 0.492 e. The summed E-state index contributed by atoms with van der Waals surface area (Å²) >= 11 is 8.68. The van der Waals surface area contributed by atoms with Gasteiger partial charge < -0.3 is 15.0 Å². The predicted octanol–water partition coefficient (Wildman–Crippen LogP) is 5.09. The van der Waals surface area contributed by atoms with Crippen molar-refractivity contribution in [3.8, 4) is 5.75 Å². The molecule has 0 spiro atoms. The minimum absolute atomic E-state index is 0.0176. The average molecular weight is 506 g/mol. The van der Waals surface area contributed by atoms with E-state index in [-0.39, 0.29) is 16.9 Å². The molecular weight excluding hydrogens is 478 g/mol. The minimum atomic E-state index is -0.370. The zero-order valence-electron chi connectivity index (χ0n) is 18.2. The molecule has 0 radical (unpaired) electrons. The van der Waals surface area contributed by atoms with E-state index in [9.17, 15) is 9.59 Å². The van der Waals surface area contributed by atoms with Crippen molar-refractivity contribution in [1.29, 1.82) is 0 Å². The van der Waals surface area contributed by atoms with Gasteiger partial charge in [0.1, 0.15) is 5.75 Å². The highest BCUT2D eigenvalue weighted by atomic mass is 79.9. The summed E-state index contributed by atoms with van der Waals surface area (Å²) < 4.78 is 6.53. The van der Waals surface area contributed by atoms with Gasteiger partial charge in [0.15, 0.2) is 5.11 Å². The van der Waals surface area contributed by atoms with Crippen molar-refractivity contribution in [2.45, 2.75) is 27.7 Å². The van der Waals surface area contributed by atoms with Crippen molar-refractivity contribution in [2.75, 3.05) is 25.0 Å². The number of carbonyl (C=O) groups is 2. The number of hydrogen-bond donors (Lipinski definition) is 2. The molecule has 0 aromatic heterocycles. The number of benzene rings is 2. The van der Waals surface area contributed by atoms with E-state index < -0.39 is 0 Å². The third kappa shape index (κ3) is 7.33. The smallest absolute Gasteiger partial charge is 0.261 e. The Labute approximate surface area is 197 Å². The van der Waals surface area contributed by atoms with Crippen molar-refractivity contribution < 1.29 is 14.3 Å². The molecule has 2 aromatic carbocycles. The van der Waals surface area contributed by atoms with E-state index in [4.69, 9.17) is 17.0 Å². The summed E-state index contributed by atoms with van der Waals surface area (Å²) in [6.07, 6.45) is 0. The van der Waals surface area contributed by atoms with Crippen LogP contribution in [0.25, 0.3) is 0 Å². The van der Waals surface area contributed by atoms with Crippen LogP contribution in [0.15, 0.2) is 46.9 Å². The lowest BCUT2D eigenvalue weighted by atomic mass is 10.1. The molecule has 2 rings (SSSR count). The van der Waals surface area contributed by atoms with Gasteiger partial charge in [-0.3, -0.25) is 14.9 Å². The van der Waals surface area contributed by atoms with Gasteiger partial charge in [-0.15, -0.1) is 0 Å². The fourth-order valence-electron chi connectivity index (χ4n) is 2.78. The monoisotopic (exact) mass is 505 g/mol. The maximum atomic E-state index is 12.8. The third-order valence-electron chi connectivity index (χ3n) is 4.43. The molecule has 0 aliphatic heterocycles. The number of nitrogens with one attached hydrogen (secondary N) is 2. The molecule has 0 unspecified atom stereocenters. The van der Waals surface area contributed by atoms with Crippen LogP contribution in [-0.4, -0.2) is 41.5 Å². The summed E-state index contributed by atoms with van der Waals surface area (Å²) in [5, 5.41) is 5.81. The van der Waals surface area contributed by atoms with Crippen molar-refractivity contribution >= 4 is 50.8 Å². The van der Waals surface area contributed by atoms with E-state index in [0.29, 0.717) is 48.2 Å². The molecule has 0 aliphatic carbocycles. The normalized spacial score (nSPS) is 10.5. The molecule has 31 heavy (non-hydrogen) atoms. The fourth-order valence-corrected chi connectivity index (χ4v) is 3.36. The molecule has 2 N–H and O–H groups in total. The van der Waals surface area contributed by atoms with Crippen molar-refractivity contribution in [3.05, 3.63) is 58.1 Å². The summed E-state index contributed by atoms with van der Waals surface area (Å²) in [7, 11) is 0. The van der Waals surface area contributed by atoms with Crippen LogP contribution in [0, 0.1) is 5.92 Å². The molecule has 2 aromatic rings. The second-order valence-electron chi connectivity index (χ2n) is 7.31. The van der Waals surface area contributed by atoms with Crippen LogP contribution in [0.3, 0.4) is 0 Å². The lowest BCUT2D eigenvalue weighted by Crippen LogP contribution is -2.34. The van der Waals surface area contributed by atoms with E-state index in [1.54, 1.807) is 41.3 Å². The number of carbonyl (C=O) groups excluding carboxylic acids is 2. The van der Waals surface area contributed by atoms with Crippen LogP contribution in [0.1, 0.15) is 48.4 Å². The Kier molecular flexibility index (Phi) is 9.45. The van der Waals surface area contributed by atoms with Crippen molar-refractivity contribution in [3.63, 3.8) is 0 Å². The number of nitrogens with zero attached hydrogens (tertiary/aromatic N) is 1. The standard InChI is InChI=1S/C23H28BrN3O3S/c1-5-27(6-2)22(29)16-7-10-18(11-8-16)25-23(31)26-21(28)19-13-17(24)9-12-20(19)30-14-15(3)4/h7-13,15H,5-6,14H2,1-4H3,(H2,25,26,28,31). The highest BCUT2D eigenvalue weighted by Gasteiger charge is 2.16. The number of hydrogen-bond acceptors (Lipinski definition) is 4. The summed E-state index contributed by atoms with van der Waals surface area (Å²) in [6.45, 7) is 9.79. The number of halogens is 1. The first-order chi connectivity index (χ1) is 14.7. The molecule has 8 heteroatoms. The lowest BCUT2D eigenvalue weighted by molar-refractivity contribution is 0.0772. The van der Waals surface area contributed by atoms with E-state index in [2.05, 4.69) is 26.6 Å². The van der Waals surface area contributed by atoms with Gasteiger partial charge in [0.25, 0.3) is 11.8 Å². The molecular formula is C23H28BrN3O3S. The van der Waals surface area contributed by atoms with Crippen LogP contribution in [0.5, 0.6) is 5.75 Å². The summed E-state index contributed by atoms with van der Waals surface area (Å²) in [6, 6.07) is 12.3. The molecule has 0 fully saturated rings. The van der Waals surface area contributed by atoms with Gasteiger partial charge in [-0.1, -0.05) is 29.8 Å². The Morgan fingerprint density at radius 1 is 1.10 bits per heavy atom. The summed E-state index contributed by atoms with van der Waals surface area (Å²) in [5.74, 6) is 0.442. The summed E-state index contributed by atoms with van der Waals surface area (Å²) in [4.78, 5) is 26.9. The Bertz CT molecular complexity index is 928. The Hall–Kier alpha value is -2.45. The minimum Gasteiger partial charge on any atom is -0.492 e. The Morgan fingerprint density at radius 2 is 1.74 bits per heavy atom. The second kappa shape index (κ2) is 11.8. The quantitative estimate of drug-likeness (QED) is 0.488. The molecule has 0 heterocycles. The molecule has 0 saturated carbocycles. The molecule has 2 amide bonds. The van der Waals surface area contributed by atoms with Crippen LogP contribution >= 0.6 is 28.1 Å². The zero-order chi connectivity index (χ0) is 23.0. The molecule has 0 bridgehead atoms. The number of amides is 2. The van der Waals surface area contributed by atoms with Gasteiger partial charge in [-0.2, -0.15) is 0 Å². The average Bonchev–Trinajstić information content (AvgIpc) is 2.73. The predicted molar refractivity (Wildman–Crippen MR) is 132 cm³/mol. The Balaban J connectivity index is 2.04. The van der Waals surface area contributed by atoms with Gasteiger partial charge in [-0.25, -0.2) is 0 Å². The fraction of sp³-hybridized carbons (Fsp3) is 0.348. The van der Waals surface area contributed by atoms with Gasteiger partial charge >= 0.3 is 0 Å². The first-order valence-corrected chi connectivity index (χ1v) is 11.4. The van der Waals surface area contributed by atoms with E-state index in [1.165, 1.54) is 0 Å². The Morgan fingerprint density at radius 3 is 2.32 bits per heavy atom. The number of rotatable bonds is 8. The van der Waals surface area contributed by atoms with Crippen molar-refractivity contribution in [2.24, 2.45) is 5.92 Å². The first-order valence-electron chi connectivity index (χ1n) is 10.2.